The highest BCUT2D eigenvalue weighted by atomic mass is 35.5. The first-order valence-electron chi connectivity index (χ1n) is 9.98. The molecule has 2 saturated carbocycles. The van der Waals surface area contributed by atoms with Gasteiger partial charge in [-0.1, -0.05) is 41.9 Å². The summed E-state index contributed by atoms with van der Waals surface area (Å²) in [6.45, 7) is 0.526. The molecule has 6 heteroatoms. The van der Waals surface area contributed by atoms with Crippen molar-refractivity contribution in [1.82, 2.24) is 10.2 Å². The Morgan fingerprint density at radius 1 is 1.03 bits per heavy atom. The average Bonchev–Trinajstić information content (AvgIpc) is 3.66. The van der Waals surface area contributed by atoms with E-state index in [0.717, 1.165) is 41.3 Å². The molecular formula is C23H21ClN2O2S. The van der Waals surface area contributed by atoms with Crippen LogP contribution in [0.15, 0.2) is 48.5 Å². The Kier molecular flexibility index (Phi) is 4.80. The number of nitrogens with zero attached hydrogens (tertiary/aromatic N) is 1. The molecule has 2 amide bonds. The van der Waals surface area contributed by atoms with Gasteiger partial charge in [0.1, 0.15) is 4.88 Å². The summed E-state index contributed by atoms with van der Waals surface area (Å²) < 4.78 is 1.03. The van der Waals surface area contributed by atoms with E-state index < -0.39 is 0 Å². The van der Waals surface area contributed by atoms with E-state index in [1.165, 1.54) is 11.3 Å². The Bertz CT molecular complexity index is 1080. The first kappa shape index (κ1) is 18.6. The molecule has 2 aromatic carbocycles. The van der Waals surface area contributed by atoms with Crippen LogP contribution in [0.2, 0.25) is 5.02 Å². The van der Waals surface area contributed by atoms with Crippen LogP contribution in [-0.4, -0.2) is 28.8 Å². The van der Waals surface area contributed by atoms with E-state index in [1.54, 1.807) is 0 Å². The molecule has 0 saturated heterocycles. The van der Waals surface area contributed by atoms with E-state index in [2.05, 4.69) is 5.32 Å². The van der Waals surface area contributed by atoms with Gasteiger partial charge in [-0.15, -0.1) is 11.3 Å². The van der Waals surface area contributed by atoms with Crippen molar-refractivity contribution in [2.24, 2.45) is 0 Å². The molecule has 0 radical (unpaired) electrons. The Labute approximate surface area is 178 Å². The van der Waals surface area contributed by atoms with Gasteiger partial charge in [0.2, 0.25) is 0 Å². The molecule has 0 unspecified atom stereocenters. The molecule has 2 aliphatic carbocycles. The van der Waals surface area contributed by atoms with Crippen LogP contribution in [0.5, 0.6) is 0 Å². The number of nitrogens with one attached hydrogen (secondary N) is 1. The molecule has 148 valence electrons. The van der Waals surface area contributed by atoms with Gasteiger partial charge in [0.15, 0.2) is 0 Å². The van der Waals surface area contributed by atoms with Crippen LogP contribution >= 0.6 is 22.9 Å². The van der Waals surface area contributed by atoms with Crippen molar-refractivity contribution >= 4 is 44.8 Å². The third-order valence-corrected chi connectivity index (χ3v) is 7.12. The summed E-state index contributed by atoms with van der Waals surface area (Å²) in [4.78, 5) is 28.0. The predicted molar refractivity (Wildman–Crippen MR) is 117 cm³/mol. The Morgan fingerprint density at radius 2 is 1.76 bits per heavy atom. The number of thiophene rings is 1. The van der Waals surface area contributed by atoms with Gasteiger partial charge in [-0.25, -0.2) is 0 Å². The van der Waals surface area contributed by atoms with Crippen LogP contribution in [0.4, 0.5) is 0 Å². The number of rotatable bonds is 6. The second kappa shape index (κ2) is 7.47. The molecular weight excluding hydrogens is 404 g/mol. The summed E-state index contributed by atoms with van der Waals surface area (Å²) in [5.41, 5.74) is 1.68. The number of carbonyl (C=O) groups is 2. The monoisotopic (exact) mass is 424 g/mol. The quantitative estimate of drug-likeness (QED) is 0.587. The Balaban J connectivity index is 1.35. The normalized spacial score (nSPS) is 16.0. The van der Waals surface area contributed by atoms with Gasteiger partial charge in [0.25, 0.3) is 11.8 Å². The van der Waals surface area contributed by atoms with Crippen LogP contribution in [0.3, 0.4) is 0 Å². The van der Waals surface area contributed by atoms with Crippen LogP contribution in [-0.2, 0) is 6.54 Å². The fourth-order valence-corrected chi connectivity index (χ4v) is 4.96. The molecule has 1 heterocycles. The summed E-state index contributed by atoms with van der Waals surface area (Å²) in [6.07, 6.45) is 4.19. The largest absolute Gasteiger partial charge is 0.349 e. The predicted octanol–water partition coefficient (Wildman–Crippen LogP) is 5.25. The third-order valence-electron chi connectivity index (χ3n) is 5.46. The van der Waals surface area contributed by atoms with Crippen LogP contribution in [0, 0.1) is 0 Å². The lowest BCUT2D eigenvalue weighted by molar-refractivity contribution is 0.0734. The summed E-state index contributed by atoms with van der Waals surface area (Å²) in [6, 6.07) is 16.0. The number of carbonyl (C=O) groups excluding carboxylic acids is 2. The van der Waals surface area contributed by atoms with Crippen molar-refractivity contribution in [2.75, 3.05) is 0 Å². The molecule has 0 aliphatic heterocycles. The van der Waals surface area contributed by atoms with Crippen molar-refractivity contribution in [3.8, 4) is 0 Å². The van der Waals surface area contributed by atoms with Crippen molar-refractivity contribution in [2.45, 2.75) is 44.3 Å². The number of amides is 2. The van der Waals surface area contributed by atoms with E-state index in [4.69, 9.17) is 11.6 Å². The molecule has 1 aromatic heterocycles. The minimum atomic E-state index is -0.0220. The van der Waals surface area contributed by atoms with Crippen LogP contribution in [0.25, 0.3) is 10.1 Å². The number of benzene rings is 2. The minimum Gasteiger partial charge on any atom is -0.349 e. The van der Waals surface area contributed by atoms with Gasteiger partial charge in [-0.05, 0) is 49.4 Å². The molecule has 0 spiro atoms. The molecule has 29 heavy (non-hydrogen) atoms. The van der Waals surface area contributed by atoms with Gasteiger partial charge in [-0.2, -0.15) is 0 Å². The molecule has 5 rings (SSSR count). The first-order chi connectivity index (χ1) is 14.1. The van der Waals surface area contributed by atoms with Crippen molar-refractivity contribution in [3.05, 3.63) is 69.6 Å². The standard InChI is InChI=1S/C23H21ClN2O2S/c24-20-18-3-1-2-4-19(18)29-21(20)23(28)26(17-11-12-17)13-14-5-7-15(8-6-14)22(27)25-16-9-10-16/h1-8,16-17H,9-13H2,(H,25,27). The highest BCUT2D eigenvalue weighted by molar-refractivity contribution is 7.21. The van der Waals surface area contributed by atoms with Gasteiger partial charge in [0, 0.05) is 34.3 Å². The van der Waals surface area contributed by atoms with Crippen molar-refractivity contribution in [3.63, 3.8) is 0 Å². The zero-order valence-corrected chi connectivity index (χ0v) is 17.4. The van der Waals surface area contributed by atoms with Gasteiger partial charge in [0.05, 0.1) is 5.02 Å². The highest BCUT2D eigenvalue weighted by Crippen LogP contribution is 2.38. The molecule has 0 bridgehead atoms. The molecule has 3 aromatic rings. The molecule has 0 atom stereocenters. The molecule has 2 fully saturated rings. The summed E-state index contributed by atoms with van der Waals surface area (Å²) >= 11 is 8.00. The maximum atomic E-state index is 13.3. The lowest BCUT2D eigenvalue weighted by atomic mass is 10.1. The highest BCUT2D eigenvalue weighted by Gasteiger charge is 2.35. The van der Waals surface area contributed by atoms with E-state index in [-0.39, 0.29) is 17.9 Å². The maximum absolute atomic E-state index is 13.3. The van der Waals surface area contributed by atoms with Gasteiger partial charge < -0.3 is 10.2 Å². The fraction of sp³-hybridized carbons (Fsp3) is 0.304. The maximum Gasteiger partial charge on any atom is 0.266 e. The third kappa shape index (κ3) is 3.89. The second-order valence-electron chi connectivity index (χ2n) is 7.85. The number of fused-ring (bicyclic) bond motifs is 1. The molecule has 1 N–H and O–H groups in total. The van der Waals surface area contributed by atoms with Crippen molar-refractivity contribution < 1.29 is 9.59 Å². The van der Waals surface area contributed by atoms with Crippen molar-refractivity contribution in [1.29, 1.82) is 0 Å². The van der Waals surface area contributed by atoms with Gasteiger partial charge >= 0.3 is 0 Å². The average molecular weight is 425 g/mol. The number of hydrogen-bond donors (Lipinski definition) is 1. The van der Waals surface area contributed by atoms with Crippen LogP contribution < -0.4 is 5.32 Å². The summed E-state index contributed by atoms with van der Waals surface area (Å²) in [5, 5.41) is 4.48. The minimum absolute atomic E-state index is 0.00532. The number of halogens is 1. The van der Waals surface area contributed by atoms with E-state index in [0.29, 0.717) is 28.0 Å². The summed E-state index contributed by atoms with van der Waals surface area (Å²) in [5.74, 6) is -0.0273. The van der Waals surface area contributed by atoms with E-state index in [9.17, 15) is 9.59 Å². The fourth-order valence-electron chi connectivity index (χ4n) is 3.49. The zero-order valence-electron chi connectivity index (χ0n) is 15.9. The smallest absolute Gasteiger partial charge is 0.266 e. The zero-order chi connectivity index (χ0) is 20.0. The summed E-state index contributed by atoms with van der Waals surface area (Å²) in [7, 11) is 0. The SMILES string of the molecule is O=C(NC1CC1)c1ccc(CN(C(=O)c2sc3ccccc3c2Cl)C2CC2)cc1. The topological polar surface area (TPSA) is 49.4 Å². The lowest BCUT2D eigenvalue weighted by Gasteiger charge is -2.22. The molecule has 4 nitrogen and oxygen atoms in total. The van der Waals surface area contributed by atoms with E-state index >= 15 is 0 Å². The lowest BCUT2D eigenvalue weighted by Crippen LogP contribution is -2.32. The van der Waals surface area contributed by atoms with E-state index in [1.807, 2.05) is 53.4 Å². The Morgan fingerprint density at radius 3 is 2.41 bits per heavy atom. The molecule has 2 aliphatic rings. The Hall–Kier alpha value is -2.37. The van der Waals surface area contributed by atoms with Gasteiger partial charge in [-0.3, -0.25) is 9.59 Å². The van der Waals surface area contributed by atoms with Crippen LogP contribution in [0.1, 0.15) is 51.3 Å². The second-order valence-corrected chi connectivity index (χ2v) is 9.28. The first-order valence-corrected chi connectivity index (χ1v) is 11.2. The number of hydrogen-bond acceptors (Lipinski definition) is 3.